The number of amides is 1. The number of carboxylic acids is 1. The third kappa shape index (κ3) is 4.52. The summed E-state index contributed by atoms with van der Waals surface area (Å²) in [6, 6.07) is 4.23. The Balaban J connectivity index is 2.81. The first-order chi connectivity index (χ1) is 8.95. The molecule has 0 spiro atoms. The molecule has 1 aromatic rings. The summed E-state index contributed by atoms with van der Waals surface area (Å²) in [4.78, 5) is 23.0. The Labute approximate surface area is 120 Å². The number of carbonyl (C=O) groups is 2. The van der Waals surface area contributed by atoms with Gasteiger partial charge in [-0.05, 0) is 44.0 Å². The second kappa shape index (κ2) is 7.09. The Morgan fingerprint density at radius 1 is 1.47 bits per heavy atom. The highest BCUT2D eigenvalue weighted by Gasteiger charge is 2.19. The molecule has 2 N–H and O–H groups in total. The zero-order chi connectivity index (χ0) is 14.4. The summed E-state index contributed by atoms with van der Waals surface area (Å²) in [5.41, 5.74) is 1.38. The van der Waals surface area contributed by atoms with Gasteiger partial charge in [0, 0.05) is 10.0 Å². The fraction of sp³-hybridized carbons (Fsp3) is 0.286. The van der Waals surface area contributed by atoms with E-state index in [4.69, 9.17) is 5.11 Å². The van der Waals surface area contributed by atoms with Crippen molar-refractivity contribution in [2.75, 3.05) is 0 Å². The maximum atomic E-state index is 12.0. The summed E-state index contributed by atoms with van der Waals surface area (Å²) in [5, 5.41) is 11.5. The number of hydrogen-bond acceptors (Lipinski definition) is 2. The Morgan fingerprint density at radius 2 is 2.16 bits per heavy atom. The number of allylic oxidation sites excluding steroid dienone is 1. The second-order valence-corrected chi connectivity index (χ2v) is 4.99. The summed E-state index contributed by atoms with van der Waals surface area (Å²) < 4.78 is 0.910. The lowest BCUT2D eigenvalue weighted by molar-refractivity contribution is -0.139. The molecule has 19 heavy (non-hydrogen) atoms. The summed E-state index contributed by atoms with van der Waals surface area (Å²) >= 11 is 3.35. The van der Waals surface area contributed by atoms with E-state index in [1.807, 2.05) is 6.92 Å². The van der Waals surface area contributed by atoms with Crippen LogP contribution in [0.4, 0.5) is 0 Å². The molecule has 0 heterocycles. The SMILES string of the molecule is C/C=C/CC(NC(=O)c1ccc(Br)c(C)c1)C(=O)O. The first-order valence-corrected chi connectivity index (χ1v) is 6.66. The van der Waals surface area contributed by atoms with Crippen LogP contribution in [-0.2, 0) is 4.79 Å². The average Bonchev–Trinajstić information content (AvgIpc) is 2.37. The average molecular weight is 326 g/mol. The monoisotopic (exact) mass is 325 g/mol. The number of rotatable bonds is 5. The summed E-state index contributed by atoms with van der Waals surface area (Å²) in [7, 11) is 0. The predicted molar refractivity (Wildman–Crippen MR) is 77.2 cm³/mol. The van der Waals surface area contributed by atoms with Crippen LogP contribution in [0.2, 0.25) is 0 Å². The molecule has 0 radical (unpaired) electrons. The van der Waals surface area contributed by atoms with Crippen LogP contribution < -0.4 is 5.32 Å². The molecule has 0 aliphatic heterocycles. The van der Waals surface area contributed by atoms with E-state index in [1.165, 1.54) is 0 Å². The Bertz CT molecular complexity index is 511. The maximum Gasteiger partial charge on any atom is 0.326 e. The van der Waals surface area contributed by atoms with Crippen LogP contribution in [0, 0.1) is 6.92 Å². The van der Waals surface area contributed by atoms with E-state index in [9.17, 15) is 9.59 Å². The van der Waals surface area contributed by atoms with Gasteiger partial charge in [0.25, 0.3) is 5.91 Å². The third-order valence-corrected chi connectivity index (χ3v) is 3.52. The standard InChI is InChI=1S/C14H16BrNO3/c1-3-4-5-12(14(18)19)16-13(17)10-6-7-11(15)9(2)8-10/h3-4,6-8,12H,5H2,1-2H3,(H,16,17)(H,18,19)/b4-3+. The second-order valence-electron chi connectivity index (χ2n) is 4.13. The normalized spacial score (nSPS) is 12.4. The molecule has 0 aromatic heterocycles. The lowest BCUT2D eigenvalue weighted by atomic mass is 10.1. The van der Waals surface area contributed by atoms with Gasteiger partial charge >= 0.3 is 5.97 Å². The van der Waals surface area contributed by atoms with Crippen LogP contribution >= 0.6 is 15.9 Å². The Morgan fingerprint density at radius 3 is 2.68 bits per heavy atom. The van der Waals surface area contributed by atoms with Crippen molar-refractivity contribution in [1.29, 1.82) is 0 Å². The van der Waals surface area contributed by atoms with Gasteiger partial charge in [0.05, 0.1) is 0 Å². The van der Waals surface area contributed by atoms with E-state index in [0.29, 0.717) is 5.56 Å². The van der Waals surface area contributed by atoms with Gasteiger partial charge in [0.1, 0.15) is 6.04 Å². The van der Waals surface area contributed by atoms with E-state index in [-0.39, 0.29) is 12.3 Å². The van der Waals surface area contributed by atoms with E-state index in [2.05, 4.69) is 21.2 Å². The molecule has 0 saturated heterocycles. The number of benzene rings is 1. The zero-order valence-electron chi connectivity index (χ0n) is 10.8. The molecule has 1 unspecified atom stereocenters. The minimum atomic E-state index is -1.04. The lowest BCUT2D eigenvalue weighted by Crippen LogP contribution is -2.40. The van der Waals surface area contributed by atoms with Crippen LogP contribution in [0.15, 0.2) is 34.8 Å². The van der Waals surface area contributed by atoms with Gasteiger partial charge in [0.15, 0.2) is 0 Å². The van der Waals surface area contributed by atoms with E-state index >= 15 is 0 Å². The zero-order valence-corrected chi connectivity index (χ0v) is 12.4. The Kier molecular flexibility index (Phi) is 5.76. The van der Waals surface area contributed by atoms with Gasteiger partial charge in [-0.3, -0.25) is 4.79 Å². The van der Waals surface area contributed by atoms with Gasteiger partial charge in [0.2, 0.25) is 0 Å². The van der Waals surface area contributed by atoms with Gasteiger partial charge in [-0.1, -0.05) is 28.1 Å². The molecule has 0 saturated carbocycles. The highest BCUT2D eigenvalue weighted by Crippen LogP contribution is 2.17. The lowest BCUT2D eigenvalue weighted by Gasteiger charge is -2.13. The molecule has 0 aliphatic carbocycles. The van der Waals surface area contributed by atoms with Crippen LogP contribution in [0.3, 0.4) is 0 Å². The molecule has 1 aromatic carbocycles. The summed E-state index contributed by atoms with van der Waals surface area (Å²) in [5.74, 6) is -1.42. The molecular weight excluding hydrogens is 310 g/mol. The molecule has 102 valence electrons. The third-order valence-electron chi connectivity index (χ3n) is 2.63. The van der Waals surface area contributed by atoms with Gasteiger partial charge in [-0.2, -0.15) is 0 Å². The van der Waals surface area contributed by atoms with Crippen molar-refractivity contribution in [2.45, 2.75) is 26.3 Å². The minimum absolute atomic E-state index is 0.271. The van der Waals surface area contributed by atoms with Crippen LogP contribution in [0.1, 0.15) is 29.3 Å². The highest BCUT2D eigenvalue weighted by molar-refractivity contribution is 9.10. The van der Waals surface area contributed by atoms with E-state index in [0.717, 1.165) is 10.0 Å². The highest BCUT2D eigenvalue weighted by atomic mass is 79.9. The number of aryl methyl sites for hydroxylation is 1. The first-order valence-electron chi connectivity index (χ1n) is 5.86. The summed E-state index contributed by atoms with van der Waals surface area (Å²) in [6.45, 7) is 3.67. The van der Waals surface area contributed by atoms with Crippen molar-refractivity contribution >= 4 is 27.8 Å². The van der Waals surface area contributed by atoms with Crippen LogP contribution in [0.25, 0.3) is 0 Å². The number of nitrogens with one attached hydrogen (secondary N) is 1. The topological polar surface area (TPSA) is 66.4 Å². The molecular formula is C14H16BrNO3. The summed E-state index contributed by atoms with van der Waals surface area (Å²) in [6.07, 6.45) is 3.74. The van der Waals surface area contributed by atoms with Crippen LogP contribution in [-0.4, -0.2) is 23.0 Å². The Hall–Kier alpha value is -1.62. The van der Waals surface area contributed by atoms with Crippen LogP contribution in [0.5, 0.6) is 0 Å². The van der Waals surface area contributed by atoms with Gasteiger partial charge < -0.3 is 10.4 Å². The number of carboxylic acid groups (broad SMARTS) is 1. The molecule has 5 heteroatoms. The molecule has 1 atom stereocenters. The van der Waals surface area contributed by atoms with Crippen molar-refractivity contribution in [1.82, 2.24) is 5.32 Å². The molecule has 0 aliphatic rings. The number of aliphatic carboxylic acids is 1. The van der Waals surface area contributed by atoms with Crippen molar-refractivity contribution in [2.24, 2.45) is 0 Å². The van der Waals surface area contributed by atoms with Crippen molar-refractivity contribution in [3.63, 3.8) is 0 Å². The number of hydrogen-bond donors (Lipinski definition) is 2. The minimum Gasteiger partial charge on any atom is -0.480 e. The van der Waals surface area contributed by atoms with Gasteiger partial charge in [-0.15, -0.1) is 0 Å². The maximum absolute atomic E-state index is 12.0. The van der Waals surface area contributed by atoms with Crippen molar-refractivity contribution < 1.29 is 14.7 Å². The molecule has 0 fully saturated rings. The molecule has 4 nitrogen and oxygen atoms in total. The quantitative estimate of drug-likeness (QED) is 0.818. The van der Waals surface area contributed by atoms with Gasteiger partial charge in [-0.25, -0.2) is 4.79 Å². The molecule has 1 rings (SSSR count). The number of halogens is 1. The smallest absolute Gasteiger partial charge is 0.326 e. The number of carbonyl (C=O) groups excluding carboxylic acids is 1. The first kappa shape index (κ1) is 15.4. The fourth-order valence-corrected chi connectivity index (χ4v) is 1.77. The largest absolute Gasteiger partial charge is 0.480 e. The van der Waals surface area contributed by atoms with Crippen molar-refractivity contribution in [3.05, 3.63) is 46.0 Å². The molecule has 1 amide bonds. The van der Waals surface area contributed by atoms with E-state index in [1.54, 1.807) is 37.3 Å². The van der Waals surface area contributed by atoms with Crippen molar-refractivity contribution in [3.8, 4) is 0 Å². The fourth-order valence-electron chi connectivity index (χ4n) is 1.52. The molecule has 0 bridgehead atoms. The van der Waals surface area contributed by atoms with E-state index < -0.39 is 12.0 Å². The predicted octanol–water partition coefficient (Wildman–Crippen LogP) is 2.91.